The Labute approximate surface area is 154 Å². The molecule has 1 unspecified atom stereocenters. The van der Waals surface area contributed by atoms with Gasteiger partial charge in [0.2, 0.25) is 0 Å². The quantitative estimate of drug-likeness (QED) is 0.834. The maximum absolute atomic E-state index is 13.6. The number of rotatable bonds is 5. The third kappa shape index (κ3) is 4.61. The van der Waals surface area contributed by atoms with E-state index in [0.29, 0.717) is 18.3 Å². The number of benzene rings is 2. The van der Waals surface area contributed by atoms with Gasteiger partial charge in [-0.15, -0.1) is 0 Å². The van der Waals surface area contributed by atoms with E-state index in [4.69, 9.17) is 4.74 Å². The second-order valence-electron chi connectivity index (χ2n) is 6.89. The number of nitrogens with zero attached hydrogens (tertiary/aromatic N) is 1. The molecule has 1 fully saturated rings. The lowest BCUT2D eigenvalue weighted by Crippen LogP contribution is -2.27. The van der Waals surface area contributed by atoms with E-state index in [-0.39, 0.29) is 5.82 Å². The number of amides is 1. The van der Waals surface area contributed by atoms with E-state index < -0.39 is 6.09 Å². The van der Waals surface area contributed by atoms with E-state index in [2.05, 4.69) is 17.3 Å². The van der Waals surface area contributed by atoms with Gasteiger partial charge in [0.1, 0.15) is 5.82 Å². The van der Waals surface area contributed by atoms with Crippen LogP contribution in [-0.4, -0.2) is 37.2 Å². The van der Waals surface area contributed by atoms with Gasteiger partial charge < -0.3 is 9.64 Å². The Hall–Kier alpha value is -2.40. The first-order chi connectivity index (χ1) is 12.5. The van der Waals surface area contributed by atoms with Gasteiger partial charge in [0.05, 0.1) is 12.3 Å². The van der Waals surface area contributed by atoms with Crippen molar-refractivity contribution in [3.05, 3.63) is 53.8 Å². The molecule has 1 saturated heterocycles. The van der Waals surface area contributed by atoms with E-state index >= 15 is 0 Å². The first kappa shape index (κ1) is 18.4. The Kier molecular flexibility index (Phi) is 5.89. The van der Waals surface area contributed by atoms with Crippen LogP contribution in [0.1, 0.15) is 24.8 Å². The molecule has 0 saturated carbocycles. The molecule has 3 rings (SSSR count). The maximum Gasteiger partial charge on any atom is 0.411 e. The van der Waals surface area contributed by atoms with Crippen LogP contribution in [0, 0.1) is 12.7 Å². The third-order valence-corrected chi connectivity index (χ3v) is 4.90. The molecule has 2 aromatic carbocycles. The van der Waals surface area contributed by atoms with Crippen molar-refractivity contribution in [3.63, 3.8) is 0 Å². The lowest BCUT2D eigenvalue weighted by molar-refractivity contribution is 0.147. The van der Waals surface area contributed by atoms with Gasteiger partial charge in [-0.2, -0.15) is 0 Å². The largest absolute Gasteiger partial charge is 0.449 e. The second-order valence-corrected chi connectivity index (χ2v) is 6.89. The summed E-state index contributed by atoms with van der Waals surface area (Å²) in [5.74, 6) is -0.307. The average molecular weight is 356 g/mol. The van der Waals surface area contributed by atoms with Gasteiger partial charge in [0, 0.05) is 11.6 Å². The standard InChI is InChI=1S/C21H25FN2O2/c1-15-8-9-20(19(13-15)16-5-3-6-17(22)14-16)23-21(25)26-12-10-18-7-4-11-24(18)2/h3,5-6,8-9,13-14,18H,4,7,10-12H2,1-2H3,(H,23,25). The third-order valence-electron chi connectivity index (χ3n) is 4.90. The van der Waals surface area contributed by atoms with Crippen molar-refractivity contribution in [1.82, 2.24) is 4.90 Å². The fraction of sp³-hybridized carbons (Fsp3) is 0.381. The number of carbonyl (C=O) groups is 1. The summed E-state index contributed by atoms with van der Waals surface area (Å²) in [6.45, 7) is 3.46. The molecule has 26 heavy (non-hydrogen) atoms. The summed E-state index contributed by atoms with van der Waals surface area (Å²) >= 11 is 0. The number of hydrogen-bond donors (Lipinski definition) is 1. The molecule has 5 heteroatoms. The highest BCUT2D eigenvalue weighted by Gasteiger charge is 2.21. The predicted octanol–water partition coefficient (Wildman–Crippen LogP) is 4.83. The fourth-order valence-electron chi connectivity index (χ4n) is 3.44. The minimum absolute atomic E-state index is 0.307. The number of hydrogen-bond acceptors (Lipinski definition) is 3. The Morgan fingerprint density at radius 3 is 2.88 bits per heavy atom. The zero-order valence-corrected chi connectivity index (χ0v) is 15.3. The normalized spacial score (nSPS) is 17.3. The second kappa shape index (κ2) is 8.32. The highest BCUT2D eigenvalue weighted by molar-refractivity contribution is 5.91. The van der Waals surface area contributed by atoms with Crippen molar-refractivity contribution in [1.29, 1.82) is 0 Å². The minimum atomic E-state index is -0.479. The summed E-state index contributed by atoms with van der Waals surface area (Å²) in [5.41, 5.74) is 3.14. The molecule has 2 aromatic rings. The lowest BCUT2D eigenvalue weighted by atomic mass is 10.0. The van der Waals surface area contributed by atoms with Gasteiger partial charge in [-0.3, -0.25) is 5.32 Å². The minimum Gasteiger partial charge on any atom is -0.449 e. The fourth-order valence-corrected chi connectivity index (χ4v) is 3.44. The van der Waals surface area contributed by atoms with Gasteiger partial charge in [-0.25, -0.2) is 9.18 Å². The van der Waals surface area contributed by atoms with Gasteiger partial charge in [0.15, 0.2) is 0 Å². The molecule has 1 atom stereocenters. The van der Waals surface area contributed by atoms with Crippen LogP contribution in [0.25, 0.3) is 11.1 Å². The number of anilines is 1. The van der Waals surface area contributed by atoms with Gasteiger partial charge in [0.25, 0.3) is 0 Å². The van der Waals surface area contributed by atoms with Crippen molar-refractivity contribution in [2.24, 2.45) is 0 Å². The molecule has 138 valence electrons. The van der Waals surface area contributed by atoms with Crippen LogP contribution in [0.15, 0.2) is 42.5 Å². The topological polar surface area (TPSA) is 41.6 Å². The average Bonchev–Trinajstić information content (AvgIpc) is 3.01. The smallest absolute Gasteiger partial charge is 0.411 e. The molecule has 1 aliphatic heterocycles. The highest BCUT2D eigenvalue weighted by Crippen LogP contribution is 2.29. The molecule has 0 aliphatic carbocycles. The molecule has 1 N–H and O–H groups in total. The number of likely N-dealkylation sites (tertiary alicyclic amines) is 1. The maximum atomic E-state index is 13.6. The van der Waals surface area contributed by atoms with E-state index in [9.17, 15) is 9.18 Å². The van der Waals surface area contributed by atoms with E-state index in [1.165, 1.54) is 18.6 Å². The first-order valence-electron chi connectivity index (χ1n) is 9.03. The zero-order valence-electron chi connectivity index (χ0n) is 15.3. The lowest BCUT2D eigenvalue weighted by Gasteiger charge is -2.19. The molecule has 1 amide bonds. The molecule has 4 nitrogen and oxygen atoms in total. The Morgan fingerprint density at radius 2 is 2.15 bits per heavy atom. The van der Waals surface area contributed by atoms with Crippen LogP contribution in [0.3, 0.4) is 0 Å². The summed E-state index contributed by atoms with van der Waals surface area (Å²) in [4.78, 5) is 14.5. The number of aryl methyl sites for hydroxylation is 1. The monoisotopic (exact) mass is 356 g/mol. The molecule has 1 aliphatic rings. The van der Waals surface area contributed by atoms with Gasteiger partial charge in [-0.1, -0.05) is 23.8 Å². The van der Waals surface area contributed by atoms with Crippen LogP contribution in [0.5, 0.6) is 0 Å². The van der Waals surface area contributed by atoms with Crippen LogP contribution in [0.4, 0.5) is 14.9 Å². The van der Waals surface area contributed by atoms with Gasteiger partial charge in [-0.05, 0) is 69.6 Å². The van der Waals surface area contributed by atoms with E-state index in [1.54, 1.807) is 6.07 Å². The van der Waals surface area contributed by atoms with Crippen LogP contribution in [0.2, 0.25) is 0 Å². The zero-order chi connectivity index (χ0) is 18.5. The molecular weight excluding hydrogens is 331 g/mol. The van der Waals surface area contributed by atoms with Crippen molar-refractivity contribution in [3.8, 4) is 11.1 Å². The van der Waals surface area contributed by atoms with E-state index in [0.717, 1.165) is 36.1 Å². The molecule has 0 radical (unpaired) electrons. The van der Waals surface area contributed by atoms with Crippen LogP contribution in [-0.2, 0) is 4.74 Å². The van der Waals surface area contributed by atoms with E-state index in [1.807, 2.05) is 31.2 Å². The summed E-state index contributed by atoms with van der Waals surface area (Å²) in [6, 6.07) is 12.5. The molecule has 0 spiro atoms. The molecule has 0 bridgehead atoms. The van der Waals surface area contributed by atoms with Crippen LogP contribution < -0.4 is 5.32 Å². The van der Waals surface area contributed by atoms with Crippen molar-refractivity contribution >= 4 is 11.8 Å². The molecular formula is C21H25FN2O2. The number of nitrogens with one attached hydrogen (secondary N) is 1. The van der Waals surface area contributed by atoms with Gasteiger partial charge >= 0.3 is 6.09 Å². The number of ether oxygens (including phenoxy) is 1. The Balaban J connectivity index is 1.64. The van der Waals surface area contributed by atoms with Crippen LogP contribution >= 0.6 is 0 Å². The molecule has 0 aromatic heterocycles. The predicted molar refractivity (Wildman–Crippen MR) is 102 cm³/mol. The summed E-state index contributed by atoms with van der Waals surface area (Å²) < 4.78 is 18.9. The summed E-state index contributed by atoms with van der Waals surface area (Å²) in [6.07, 6.45) is 2.72. The van der Waals surface area contributed by atoms with Crippen molar-refractivity contribution in [2.45, 2.75) is 32.2 Å². The summed E-state index contributed by atoms with van der Waals surface area (Å²) in [7, 11) is 2.11. The first-order valence-corrected chi connectivity index (χ1v) is 9.03. The number of carbonyl (C=O) groups excluding carboxylic acids is 1. The SMILES string of the molecule is Cc1ccc(NC(=O)OCCC2CCCN2C)c(-c2cccc(F)c2)c1. The summed E-state index contributed by atoms with van der Waals surface area (Å²) in [5, 5.41) is 2.80. The highest BCUT2D eigenvalue weighted by atomic mass is 19.1. The van der Waals surface area contributed by atoms with Crippen molar-refractivity contribution in [2.75, 3.05) is 25.5 Å². The van der Waals surface area contributed by atoms with Crippen molar-refractivity contribution < 1.29 is 13.9 Å². The molecule has 1 heterocycles. The number of halogens is 1. The Bertz CT molecular complexity index is 778. The Morgan fingerprint density at radius 1 is 1.31 bits per heavy atom.